The predicted molar refractivity (Wildman–Crippen MR) is 100 cm³/mol. The third kappa shape index (κ3) is 4.41. The van der Waals surface area contributed by atoms with E-state index < -0.39 is 0 Å². The topological polar surface area (TPSA) is 68.0 Å². The zero-order valence-electron chi connectivity index (χ0n) is 13.7. The van der Waals surface area contributed by atoms with E-state index in [-0.39, 0.29) is 17.8 Å². The van der Waals surface area contributed by atoms with Crippen LogP contribution in [0.25, 0.3) is 11.5 Å². The summed E-state index contributed by atoms with van der Waals surface area (Å²) in [6, 6.07) is 14.5. The Kier molecular flexibility index (Phi) is 5.40. The second-order valence-electron chi connectivity index (χ2n) is 5.54. The molecule has 3 rings (SSSR count). The summed E-state index contributed by atoms with van der Waals surface area (Å²) in [5.41, 5.74) is 1.14. The summed E-state index contributed by atoms with van der Waals surface area (Å²) < 4.78 is 5.48. The number of hydrogen-bond acceptors (Lipinski definition) is 5. The Balaban J connectivity index is 1.70. The van der Waals surface area contributed by atoms with Crippen molar-refractivity contribution in [1.82, 2.24) is 10.2 Å². The number of halogens is 1. The molecule has 7 heteroatoms. The molecule has 0 fully saturated rings. The first-order valence-corrected chi connectivity index (χ1v) is 8.95. The van der Waals surface area contributed by atoms with Crippen molar-refractivity contribution < 1.29 is 9.21 Å². The van der Waals surface area contributed by atoms with Crippen LogP contribution in [0.15, 0.2) is 57.8 Å². The first-order chi connectivity index (χ1) is 12.0. The normalized spacial score (nSPS) is 10.9. The highest BCUT2D eigenvalue weighted by Crippen LogP contribution is 2.27. The number of anilines is 1. The Hall–Kier alpha value is -2.31. The molecule has 128 valence electrons. The van der Waals surface area contributed by atoms with Gasteiger partial charge in [-0.05, 0) is 36.4 Å². The van der Waals surface area contributed by atoms with Crippen LogP contribution >= 0.6 is 23.4 Å². The molecule has 5 nitrogen and oxygen atoms in total. The van der Waals surface area contributed by atoms with E-state index >= 15 is 0 Å². The average Bonchev–Trinajstić information content (AvgIpc) is 3.03. The third-order valence-corrected chi connectivity index (χ3v) is 4.58. The average molecular weight is 374 g/mol. The van der Waals surface area contributed by atoms with Gasteiger partial charge in [-0.15, -0.1) is 16.9 Å². The van der Waals surface area contributed by atoms with Crippen molar-refractivity contribution in [3.8, 4) is 11.5 Å². The van der Waals surface area contributed by atoms with E-state index in [0.29, 0.717) is 21.4 Å². The molecule has 1 aromatic heterocycles. The highest BCUT2D eigenvalue weighted by Gasteiger charge is 2.14. The van der Waals surface area contributed by atoms with E-state index in [0.717, 1.165) is 4.90 Å². The zero-order chi connectivity index (χ0) is 17.8. The Labute approximate surface area is 154 Å². The number of nitrogens with one attached hydrogen (secondary N) is 1. The second-order valence-corrected chi connectivity index (χ2v) is 7.59. The molecule has 0 bridgehead atoms. The Morgan fingerprint density at radius 2 is 1.84 bits per heavy atom. The number of aromatic nitrogens is 2. The van der Waals surface area contributed by atoms with Crippen LogP contribution < -0.4 is 5.32 Å². The quantitative estimate of drug-likeness (QED) is 0.627. The van der Waals surface area contributed by atoms with Crippen molar-refractivity contribution in [3.63, 3.8) is 0 Å². The number of carbonyl (C=O) groups is 1. The Morgan fingerprint density at radius 1 is 1.12 bits per heavy atom. The standard InChI is InChI=1S/C18H16ClN3O2S/c1-11(2)25-13-9-7-12(8-10-13)16(23)20-18-22-21-17(24-18)14-5-3-4-6-15(14)19/h3-11H,1-2H3,(H,20,22,23). The van der Waals surface area contributed by atoms with E-state index in [9.17, 15) is 4.79 Å². The highest BCUT2D eigenvalue weighted by atomic mass is 35.5. The first kappa shape index (κ1) is 17.5. The number of rotatable bonds is 5. The van der Waals surface area contributed by atoms with Crippen molar-refractivity contribution in [1.29, 1.82) is 0 Å². The molecule has 0 spiro atoms. The van der Waals surface area contributed by atoms with Gasteiger partial charge in [0.15, 0.2) is 0 Å². The van der Waals surface area contributed by atoms with E-state index in [1.54, 1.807) is 36.0 Å². The summed E-state index contributed by atoms with van der Waals surface area (Å²) >= 11 is 7.84. The van der Waals surface area contributed by atoms with Crippen molar-refractivity contribution in [2.45, 2.75) is 24.0 Å². The van der Waals surface area contributed by atoms with Gasteiger partial charge in [-0.3, -0.25) is 10.1 Å². The molecule has 0 aliphatic rings. The van der Waals surface area contributed by atoms with Crippen LogP contribution in [0.5, 0.6) is 0 Å². The van der Waals surface area contributed by atoms with Gasteiger partial charge in [0, 0.05) is 15.7 Å². The third-order valence-electron chi connectivity index (χ3n) is 3.24. The van der Waals surface area contributed by atoms with Crippen molar-refractivity contribution in [3.05, 3.63) is 59.1 Å². The molecule has 1 N–H and O–H groups in total. The smallest absolute Gasteiger partial charge is 0.322 e. The maximum atomic E-state index is 12.3. The monoisotopic (exact) mass is 373 g/mol. The fraction of sp³-hybridized carbons (Fsp3) is 0.167. The highest BCUT2D eigenvalue weighted by molar-refractivity contribution is 7.99. The zero-order valence-corrected chi connectivity index (χ0v) is 15.3. The number of nitrogens with zero attached hydrogens (tertiary/aromatic N) is 2. The summed E-state index contributed by atoms with van der Waals surface area (Å²) in [4.78, 5) is 13.4. The minimum absolute atomic E-state index is 0.0283. The molecule has 0 radical (unpaired) electrons. The van der Waals surface area contributed by atoms with Crippen LogP contribution in [0.4, 0.5) is 6.01 Å². The molecule has 1 heterocycles. The molecule has 2 aromatic carbocycles. The SMILES string of the molecule is CC(C)Sc1ccc(C(=O)Nc2nnc(-c3ccccc3Cl)o2)cc1. The minimum Gasteiger partial charge on any atom is -0.403 e. The van der Waals surface area contributed by atoms with E-state index in [4.69, 9.17) is 16.0 Å². The number of thioether (sulfide) groups is 1. The van der Waals surface area contributed by atoms with Gasteiger partial charge in [0.2, 0.25) is 0 Å². The van der Waals surface area contributed by atoms with Gasteiger partial charge in [-0.2, -0.15) is 0 Å². The molecular weight excluding hydrogens is 358 g/mol. The molecule has 0 saturated heterocycles. The lowest BCUT2D eigenvalue weighted by atomic mass is 10.2. The lowest BCUT2D eigenvalue weighted by Gasteiger charge is -2.05. The Morgan fingerprint density at radius 3 is 2.52 bits per heavy atom. The van der Waals surface area contributed by atoms with Crippen LogP contribution in [0.2, 0.25) is 5.02 Å². The summed E-state index contributed by atoms with van der Waals surface area (Å²) in [5, 5.41) is 11.4. The molecule has 25 heavy (non-hydrogen) atoms. The van der Waals surface area contributed by atoms with Gasteiger partial charge >= 0.3 is 6.01 Å². The molecule has 0 aliphatic heterocycles. The summed E-state index contributed by atoms with van der Waals surface area (Å²) in [7, 11) is 0. The van der Waals surface area contributed by atoms with Crippen LogP contribution in [0, 0.1) is 0 Å². The van der Waals surface area contributed by atoms with Crippen LogP contribution in [-0.4, -0.2) is 21.4 Å². The van der Waals surface area contributed by atoms with Crippen LogP contribution in [-0.2, 0) is 0 Å². The molecule has 1 amide bonds. The van der Waals surface area contributed by atoms with Crippen LogP contribution in [0.1, 0.15) is 24.2 Å². The molecular formula is C18H16ClN3O2S. The minimum atomic E-state index is -0.310. The van der Waals surface area contributed by atoms with Gasteiger partial charge in [0.05, 0.1) is 10.6 Å². The van der Waals surface area contributed by atoms with Gasteiger partial charge < -0.3 is 4.42 Å². The van der Waals surface area contributed by atoms with E-state index in [1.165, 1.54) is 0 Å². The van der Waals surface area contributed by atoms with E-state index in [2.05, 4.69) is 29.4 Å². The second kappa shape index (κ2) is 7.72. The largest absolute Gasteiger partial charge is 0.403 e. The van der Waals surface area contributed by atoms with Gasteiger partial charge in [-0.25, -0.2) is 0 Å². The fourth-order valence-corrected chi connectivity index (χ4v) is 3.20. The van der Waals surface area contributed by atoms with Gasteiger partial charge in [-0.1, -0.05) is 42.7 Å². The number of amides is 1. The molecule has 0 atom stereocenters. The summed E-state index contributed by atoms with van der Waals surface area (Å²) in [6.45, 7) is 4.24. The maximum absolute atomic E-state index is 12.3. The first-order valence-electron chi connectivity index (χ1n) is 7.69. The Bertz CT molecular complexity index is 878. The lowest BCUT2D eigenvalue weighted by molar-refractivity contribution is 0.102. The number of benzene rings is 2. The fourth-order valence-electron chi connectivity index (χ4n) is 2.14. The van der Waals surface area contributed by atoms with Crippen molar-refractivity contribution in [2.24, 2.45) is 0 Å². The number of hydrogen-bond donors (Lipinski definition) is 1. The molecule has 3 aromatic rings. The van der Waals surface area contributed by atoms with Crippen LogP contribution in [0.3, 0.4) is 0 Å². The maximum Gasteiger partial charge on any atom is 0.322 e. The summed E-state index contributed by atoms with van der Waals surface area (Å²) in [6.07, 6.45) is 0. The van der Waals surface area contributed by atoms with Crippen molar-refractivity contribution >= 4 is 35.3 Å². The lowest BCUT2D eigenvalue weighted by Crippen LogP contribution is -2.11. The van der Waals surface area contributed by atoms with Crippen molar-refractivity contribution in [2.75, 3.05) is 5.32 Å². The van der Waals surface area contributed by atoms with E-state index in [1.807, 2.05) is 24.3 Å². The molecule has 0 saturated carbocycles. The predicted octanol–water partition coefficient (Wildman–Crippen LogP) is 5.14. The van der Waals surface area contributed by atoms with Gasteiger partial charge in [0.1, 0.15) is 0 Å². The molecule has 0 unspecified atom stereocenters. The van der Waals surface area contributed by atoms with Gasteiger partial charge in [0.25, 0.3) is 11.8 Å². The number of carbonyl (C=O) groups excluding carboxylic acids is 1. The summed E-state index contributed by atoms with van der Waals surface area (Å²) in [5.74, 6) is -0.0555. The molecule has 0 aliphatic carbocycles.